The molecule has 1 fully saturated rings. The lowest BCUT2D eigenvalue weighted by atomic mass is 10.0. The molecule has 4 rings (SSSR count). The largest absolute Gasteiger partial charge is 0.494 e. The number of rotatable bonds is 5. The van der Waals surface area contributed by atoms with Gasteiger partial charge in [0.05, 0.1) is 28.7 Å². The molecule has 2 aromatic heterocycles. The highest BCUT2D eigenvalue weighted by atomic mass is 35.5. The first-order chi connectivity index (χ1) is 13.2. The minimum Gasteiger partial charge on any atom is -0.494 e. The fourth-order valence-corrected chi connectivity index (χ4v) is 4.81. The number of nitrogens with zero attached hydrogens (tertiary/aromatic N) is 2. The SMILES string of the molecule is CCOc1ccc(N2C(=S)N[C@H](c3ccccn3)[C@@H]2c2ccc(Cl)s2)cc1. The Labute approximate surface area is 172 Å². The lowest BCUT2D eigenvalue weighted by Gasteiger charge is -2.27. The lowest BCUT2D eigenvalue weighted by Crippen LogP contribution is -2.29. The summed E-state index contributed by atoms with van der Waals surface area (Å²) in [6.07, 6.45) is 1.80. The predicted octanol–water partition coefficient (Wildman–Crippen LogP) is 5.37. The van der Waals surface area contributed by atoms with Crippen LogP contribution in [-0.4, -0.2) is 16.7 Å². The average Bonchev–Trinajstić information content (AvgIpc) is 3.26. The van der Waals surface area contributed by atoms with Gasteiger partial charge in [0.1, 0.15) is 5.75 Å². The minimum absolute atomic E-state index is 0.0251. The molecule has 138 valence electrons. The molecule has 0 spiro atoms. The number of thiophene rings is 1. The summed E-state index contributed by atoms with van der Waals surface area (Å²) >= 11 is 13.5. The Morgan fingerprint density at radius 3 is 2.63 bits per heavy atom. The number of thiocarbonyl (C=S) groups is 1. The summed E-state index contributed by atoms with van der Waals surface area (Å²) in [5.41, 5.74) is 1.95. The van der Waals surface area contributed by atoms with Crippen molar-refractivity contribution in [2.45, 2.75) is 19.0 Å². The van der Waals surface area contributed by atoms with E-state index in [1.165, 1.54) is 0 Å². The molecule has 1 aliphatic heterocycles. The third-order valence-corrected chi connectivity index (χ3v) is 6.03. The van der Waals surface area contributed by atoms with E-state index >= 15 is 0 Å². The molecular formula is C20H18ClN3OS2. The molecule has 4 nitrogen and oxygen atoms in total. The summed E-state index contributed by atoms with van der Waals surface area (Å²) in [5.74, 6) is 0.844. The summed E-state index contributed by atoms with van der Waals surface area (Å²) in [7, 11) is 0. The molecule has 0 unspecified atom stereocenters. The van der Waals surface area contributed by atoms with Crippen LogP contribution >= 0.6 is 35.2 Å². The van der Waals surface area contributed by atoms with E-state index < -0.39 is 0 Å². The van der Waals surface area contributed by atoms with Crippen LogP contribution in [0.1, 0.15) is 29.6 Å². The fourth-order valence-electron chi connectivity index (χ4n) is 3.28. The first-order valence-electron chi connectivity index (χ1n) is 8.66. The van der Waals surface area contributed by atoms with Crippen molar-refractivity contribution in [2.24, 2.45) is 0 Å². The van der Waals surface area contributed by atoms with Crippen molar-refractivity contribution in [3.63, 3.8) is 0 Å². The van der Waals surface area contributed by atoms with Crippen molar-refractivity contribution in [2.75, 3.05) is 11.5 Å². The van der Waals surface area contributed by atoms with Crippen LogP contribution in [0.15, 0.2) is 60.8 Å². The number of halogens is 1. The van der Waals surface area contributed by atoms with Gasteiger partial charge in [-0.25, -0.2) is 0 Å². The van der Waals surface area contributed by atoms with Gasteiger partial charge in [-0.15, -0.1) is 11.3 Å². The Balaban J connectivity index is 1.75. The second kappa shape index (κ2) is 7.84. The van der Waals surface area contributed by atoms with E-state index in [4.69, 9.17) is 28.6 Å². The molecule has 0 bridgehead atoms. The number of hydrogen-bond acceptors (Lipinski definition) is 4. The third kappa shape index (κ3) is 3.65. The van der Waals surface area contributed by atoms with E-state index in [9.17, 15) is 0 Å². The van der Waals surface area contributed by atoms with Crippen LogP contribution in [0, 0.1) is 0 Å². The molecule has 1 N–H and O–H groups in total. The highest BCUT2D eigenvalue weighted by Crippen LogP contribution is 2.44. The number of nitrogens with one attached hydrogen (secondary N) is 1. The number of anilines is 1. The Morgan fingerprint density at radius 1 is 1.19 bits per heavy atom. The minimum atomic E-state index is -0.0556. The molecular weight excluding hydrogens is 398 g/mol. The maximum Gasteiger partial charge on any atom is 0.174 e. The van der Waals surface area contributed by atoms with Gasteiger partial charge in [-0.1, -0.05) is 17.7 Å². The number of pyridine rings is 1. The van der Waals surface area contributed by atoms with Crippen LogP contribution in [0.5, 0.6) is 5.75 Å². The monoisotopic (exact) mass is 415 g/mol. The molecule has 0 radical (unpaired) electrons. The Bertz CT molecular complexity index is 930. The van der Waals surface area contributed by atoms with Gasteiger partial charge in [0.15, 0.2) is 5.11 Å². The highest BCUT2D eigenvalue weighted by Gasteiger charge is 2.41. The van der Waals surface area contributed by atoms with Gasteiger partial charge in [-0.2, -0.15) is 0 Å². The predicted molar refractivity (Wildman–Crippen MR) is 115 cm³/mol. The number of ether oxygens (including phenoxy) is 1. The van der Waals surface area contributed by atoms with Crippen molar-refractivity contribution in [1.29, 1.82) is 0 Å². The van der Waals surface area contributed by atoms with Crippen molar-refractivity contribution in [3.05, 3.63) is 75.7 Å². The van der Waals surface area contributed by atoms with Crippen LogP contribution < -0.4 is 15.0 Å². The molecule has 0 amide bonds. The van der Waals surface area contributed by atoms with Crippen LogP contribution in [0.3, 0.4) is 0 Å². The van der Waals surface area contributed by atoms with Gasteiger partial charge in [0, 0.05) is 16.8 Å². The number of hydrogen-bond donors (Lipinski definition) is 1. The smallest absolute Gasteiger partial charge is 0.174 e. The van der Waals surface area contributed by atoms with Gasteiger partial charge >= 0.3 is 0 Å². The molecule has 2 atom stereocenters. The standard InChI is InChI=1S/C20H18ClN3OS2/c1-2-25-14-8-6-13(7-9-14)24-19(16-10-11-17(21)27-16)18(23-20(24)26)15-5-3-4-12-22-15/h3-12,18-19H,2H2,1H3,(H,23,26)/t18-,19+/m1/s1. The van der Waals surface area contributed by atoms with Crippen LogP contribution in [0.2, 0.25) is 4.34 Å². The Morgan fingerprint density at radius 2 is 2.00 bits per heavy atom. The summed E-state index contributed by atoms with van der Waals surface area (Å²) in [6, 6.07) is 17.8. The van der Waals surface area contributed by atoms with Gasteiger partial charge in [0.25, 0.3) is 0 Å². The zero-order valence-electron chi connectivity index (χ0n) is 14.6. The third-order valence-electron chi connectivity index (χ3n) is 4.41. The number of benzene rings is 1. The topological polar surface area (TPSA) is 37.4 Å². The van der Waals surface area contributed by atoms with Crippen molar-refractivity contribution >= 4 is 46.0 Å². The zero-order valence-corrected chi connectivity index (χ0v) is 17.0. The summed E-state index contributed by atoms with van der Waals surface area (Å²) < 4.78 is 6.32. The molecule has 27 heavy (non-hydrogen) atoms. The molecule has 7 heteroatoms. The van der Waals surface area contributed by atoms with Crippen LogP contribution in [-0.2, 0) is 0 Å². The highest BCUT2D eigenvalue weighted by molar-refractivity contribution is 7.80. The summed E-state index contributed by atoms with van der Waals surface area (Å²) in [6.45, 7) is 2.61. The van der Waals surface area contributed by atoms with E-state index in [0.29, 0.717) is 11.7 Å². The van der Waals surface area contributed by atoms with Gasteiger partial charge in [-0.05, 0) is 67.7 Å². The summed E-state index contributed by atoms with van der Waals surface area (Å²) in [5, 5.41) is 4.11. The fraction of sp³-hybridized carbons (Fsp3) is 0.200. The van der Waals surface area contributed by atoms with Crippen molar-refractivity contribution in [1.82, 2.24) is 10.3 Å². The molecule has 3 heterocycles. The second-order valence-electron chi connectivity index (χ2n) is 6.07. The summed E-state index contributed by atoms with van der Waals surface area (Å²) in [4.78, 5) is 7.81. The van der Waals surface area contributed by atoms with Gasteiger partial charge < -0.3 is 15.0 Å². The van der Waals surface area contributed by atoms with E-state index in [1.54, 1.807) is 17.5 Å². The molecule has 0 aliphatic carbocycles. The average molecular weight is 416 g/mol. The zero-order chi connectivity index (χ0) is 18.8. The van der Waals surface area contributed by atoms with Crippen molar-refractivity contribution in [3.8, 4) is 5.75 Å². The van der Waals surface area contributed by atoms with Gasteiger partial charge in [-0.3, -0.25) is 4.98 Å². The van der Waals surface area contributed by atoms with Crippen molar-refractivity contribution < 1.29 is 4.74 Å². The van der Waals surface area contributed by atoms with Gasteiger partial charge in [0.2, 0.25) is 0 Å². The van der Waals surface area contributed by atoms with Crippen LogP contribution in [0.4, 0.5) is 5.69 Å². The molecule has 3 aromatic rings. The quantitative estimate of drug-likeness (QED) is 0.567. The first-order valence-corrected chi connectivity index (χ1v) is 10.3. The van der Waals surface area contributed by atoms with E-state index in [2.05, 4.69) is 21.3 Å². The normalized spacial score (nSPS) is 19.2. The van der Waals surface area contributed by atoms with E-state index in [1.807, 2.05) is 55.5 Å². The van der Waals surface area contributed by atoms with E-state index in [-0.39, 0.29) is 12.1 Å². The Kier molecular flexibility index (Phi) is 5.29. The van der Waals surface area contributed by atoms with Crippen LogP contribution in [0.25, 0.3) is 0 Å². The molecule has 0 saturated carbocycles. The number of aromatic nitrogens is 1. The maximum absolute atomic E-state index is 6.23. The second-order valence-corrected chi connectivity index (χ2v) is 8.20. The van der Waals surface area contributed by atoms with E-state index in [0.717, 1.165) is 26.3 Å². The Hall–Kier alpha value is -2.15. The maximum atomic E-state index is 6.23. The molecule has 1 saturated heterocycles. The molecule has 1 aliphatic rings. The molecule has 1 aromatic carbocycles. The lowest BCUT2D eigenvalue weighted by molar-refractivity contribution is 0.340. The first kappa shape index (κ1) is 18.2.